The van der Waals surface area contributed by atoms with Crippen molar-refractivity contribution < 1.29 is 14.3 Å². The summed E-state index contributed by atoms with van der Waals surface area (Å²) in [4.78, 5) is 20.1. The third-order valence-corrected chi connectivity index (χ3v) is 6.68. The van der Waals surface area contributed by atoms with Crippen LogP contribution in [0.3, 0.4) is 0 Å². The predicted octanol–water partition coefficient (Wildman–Crippen LogP) is 5.07. The van der Waals surface area contributed by atoms with Crippen LogP contribution < -0.4 is 9.64 Å². The lowest BCUT2D eigenvalue weighted by atomic mass is 10.1. The Morgan fingerprint density at radius 1 is 1.20 bits per heavy atom. The van der Waals surface area contributed by atoms with E-state index >= 15 is 0 Å². The number of hydrogen-bond acceptors (Lipinski definition) is 5. The number of carbonyl (C=O) groups excluding carboxylic acids is 1. The summed E-state index contributed by atoms with van der Waals surface area (Å²) < 4.78 is 12.5. The molecule has 158 valence electrons. The Labute approximate surface area is 181 Å². The molecule has 6 heteroatoms. The van der Waals surface area contributed by atoms with E-state index in [1.165, 1.54) is 5.56 Å². The Hall–Kier alpha value is -2.44. The number of benzene rings is 2. The minimum atomic E-state index is 0.0454. The van der Waals surface area contributed by atoms with Gasteiger partial charge in [-0.1, -0.05) is 35.6 Å². The van der Waals surface area contributed by atoms with Gasteiger partial charge in [0.15, 0.2) is 5.13 Å². The van der Waals surface area contributed by atoms with Crippen LogP contribution in [-0.4, -0.2) is 36.8 Å². The number of carbonyl (C=O) groups is 1. The molecule has 0 aliphatic carbocycles. The zero-order chi connectivity index (χ0) is 21.1. The summed E-state index contributed by atoms with van der Waals surface area (Å²) in [5.74, 6) is 0.867. The lowest BCUT2D eigenvalue weighted by Crippen LogP contribution is -2.38. The molecule has 2 aromatic carbocycles. The average molecular weight is 425 g/mol. The van der Waals surface area contributed by atoms with Gasteiger partial charge in [0.2, 0.25) is 5.91 Å². The molecule has 0 radical (unpaired) electrons. The predicted molar refractivity (Wildman–Crippen MR) is 122 cm³/mol. The Morgan fingerprint density at radius 2 is 1.97 bits per heavy atom. The largest absolute Gasteiger partial charge is 0.494 e. The molecule has 1 fully saturated rings. The van der Waals surface area contributed by atoms with Gasteiger partial charge in [-0.15, -0.1) is 0 Å². The SMILES string of the molecule is CCOc1ccc(CC(=O)N(C[C@@H]2CCCO2)c2nc3c(C)ccc(C)c3s2)cc1. The molecule has 0 saturated carbocycles. The van der Waals surface area contributed by atoms with Crippen molar-refractivity contribution in [3.8, 4) is 5.75 Å². The molecule has 0 unspecified atom stereocenters. The molecule has 5 nitrogen and oxygen atoms in total. The molecular formula is C24H28N2O3S. The van der Waals surface area contributed by atoms with Gasteiger partial charge >= 0.3 is 0 Å². The molecule has 1 aliphatic heterocycles. The summed E-state index contributed by atoms with van der Waals surface area (Å²) in [6.45, 7) is 8.07. The maximum atomic E-state index is 13.4. The Kier molecular flexibility index (Phi) is 6.35. The molecule has 1 aromatic heterocycles. The molecule has 30 heavy (non-hydrogen) atoms. The lowest BCUT2D eigenvalue weighted by molar-refractivity contribution is -0.118. The normalized spacial score (nSPS) is 16.2. The second-order valence-electron chi connectivity index (χ2n) is 7.77. The van der Waals surface area contributed by atoms with Gasteiger partial charge in [0.05, 0.1) is 35.9 Å². The third-order valence-electron chi connectivity index (χ3n) is 5.46. The number of aryl methyl sites for hydroxylation is 2. The van der Waals surface area contributed by atoms with E-state index in [9.17, 15) is 4.79 Å². The zero-order valence-corrected chi connectivity index (χ0v) is 18.6. The van der Waals surface area contributed by atoms with Crippen molar-refractivity contribution >= 4 is 32.6 Å². The van der Waals surface area contributed by atoms with Gasteiger partial charge in [-0.05, 0) is 62.4 Å². The number of amides is 1. The number of anilines is 1. The van der Waals surface area contributed by atoms with Gasteiger partial charge in [0.25, 0.3) is 0 Å². The lowest BCUT2D eigenvalue weighted by Gasteiger charge is -2.23. The number of fused-ring (bicyclic) bond motifs is 1. The molecule has 0 N–H and O–H groups in total. The summed E-state index contributed by atoms with van der Waals surface area (Å²) in [5, 5.41) is 0.758. The second-order valence-corrected chi connectivity index (χ2v) is 8.74. The second kappa shape index (κ2) is 9.14. The highest BCUT2D eigenvalue weighted by Gasteiger charge is 2.26. The van der Waals surface area contributed by atoms with Crippen LogP contribution in [-0.2, 0) is 16.0 Å². The maximum absolute atomic E-state index is 13.4. The zero-order valence-electron chi connectivity index (χ0n) is 17.8. The Morgan fingerprint density at radius 3 is 2.63 bits per heavy atom. The van der Waals surface area contributed by atoms with Crippen molar-refractivity contribution in [2.45, 2.75) is 46.1 Å². The fourth-order valence-electron chi connectivity index (χ4n) is 3.78. The van der Waals surface area contributed by atoms with E-state index in [4.69, 9.17) is 14.5 Å². The van der Waals surface area contributed by atoms with Crippen molar-refractivity contribution in [3.63, 3.8) is 0 Å². The van der Waals surface area contributed by atoms with Crippen molar-refractivity contribution in [2.24, 2.45) is 0 Å². The van der Waals surface area contributed by atoms with Crippen LogP contribution in [0.2, 0.25) is 0 Å². The third kappa shape index (κ3) is 4.50. The van der Waals surface area contributed by atoms with Gasteiger partial charge in [-0.2, -0.15) is 0 Å². The smallest absolute Gasteiger partial charge is 0.233 e. The minimum Gasteiger partial charge on any atom is -0.494 e. The average Bonchev–Trinajstić information content (AvgIpc) is 3.41. The first-order chi connectivity index (χ1) is 14.5. The van der Waals surface area contributed by atoms with Crippen LogP contribution in [0.15, 0.2) is 36.4 Å². The molecule has 0 spiro atoms. The fourth-order valence-corrected chi connectivity index (χ4v) is 4.92. The van der Waals surface area contributed by atoms with Crippen molar-refractivity contribution in [3.05, 3.63) is 53.1 Å². The standard InChI is InChI=1S/C24H28N2O3S/c1-4-28-19-11-9-18(10-12-19)14-21(27)26(15-20-6-5-13-29-20)24-25-22-16(2)7-8-17(3)23(22)30-24/h7-12,20H,4-6,13-15H2,1-3H3/t20-/m0/s1. The monoisotopic (exact) mass is 424 g/mol. The van der Waals surface area contributed by atoms with E-state index in [1.807, 2.05) is 36.1 Å². The topological polar surface area (TPSA) is 51.7 Å². The van der Waals surface area contributed by atoms with Gasteiger partial charge in [-0.3, -0.25) is 9.69 Å². The summed E-state index contributed by atoms with van der Waals surface area (Å²) in [6.07, 6.45) is 2.43. The maximum Gasteiger partial charge on any atom is 0.233 e. The first kappa shape index (κ1) is 20.8. The van der Waals surface area contributed by atoms with Crippen LogP contribution in [0.4, 0.5) is 5.13 Å². The molecule has 1 aliphatic rings. The molecule has 3 aromatic rings. The molecule has 0 bridgehead atoms. The minimum absolute atomic E-state index is 0.0454. The van der Waals surface area contributed by atoms with Crippen molar-refractivity contribution in [1.82, 2.24) is 4.98 Å². The highest BCUT2D eigenvalue weighted by molar-refractivity contribution is 7.22. The summed E-state index contributed by atoms with van der Waals surface area (Å²) >= 11 is 1.60. The fraction of sp³-hybridized carbons (Fsp3) is 0.417. The summed E-state index contributed by atoms with van der Waals surface area (Å²) in [5.41, 5.74) is 4.28. The number of thiazole rings is 1. The highest BCUT2D eigenvalue weighted by atomic mass is 32.1. The van der Waals surface area contributed by atoms with Crippen molar-refractivity contribution in [2.75, 3.05) is 24.7 Å². The molecule has 4 rings (SSSR count). The van der Waals surface area contributed by atoms with Crippen LogP contribution in [0.5, 0.6) is 5.75 Å². The summed E-state index contributed by atoms with van der Waals surface area (Å²) in [7, 11) is 0. The first-order valence-corrected chi connectivity index (χ1v) is 11.4. The van der Waals surface area contributed by atoms with E-state index in [0.29, 0.717) is 19.6 Å². The van der Waals surface area contributed by atoms with Gasteiger partial charge in [-0.25, -0.2) is 4.98 Å². The number of ether oxygens (including phenoxy) is 2. The van der Waals surface area contributed by atoms with Gasteiger partial charge in [0, 0.05) is 6.61 Å². The van der Waals surface area contributed by atoms with Crippen molar-refractivity contribution in [1.29, 1.82) is 0 Å². The van der Waals surface area contributed by atoms with E-state index in [2.05, 4.69) is 26.0 Å². The number of nitrogens with zero attached hydrogens (tertiary/aromatic N) is 2. The molecule has 1 saturated heterocycles. The summed E-state index contributed by atoms with van der Waals surface area (Å²) in [6, 6.07) is 12.0. The Balaban J connectivity index is 1.61. The van der Waals surface area contributed by atoms with E-state index in [1.54, 1.807) is 11.3 Å². The molecule has 1 amide bonds. The Bertz CT molecular complexity index is 984. The number of aromatic nitrogens is 1. The van der Waals surface area contributed by atoms with Crippen LogP contribution in [0.25, 0.3) is 10.2 Å². The van der Waals surface area contributed by atoms with E-state index < -0.39 is 0 Å². The quantitative estimate of drug-likeness (QED) is 0.532. The highest BCUT2D eigenvalue weighted by Crippen LogP contribution is 2.34. The van der Waals surface area contributed by atoms with Gasteiger partial charge in [0.1, 0.15) is 5.75 Å². The van der Waals surface area contributed by atoms with E-state index in [-0.39, 0.29) is 12.0 Å². The first-order valence-electron chi connectivity index (χ1n) is 10.6. The van der Waals surface area contributed by atoms with E-state index in [0.717, 1.165) is 51.7 Å². The molecule has 2 heterocycles. The number of hydrogen-bond donors (Lipinski definition) is 0. The van der Waals surface area contributed by atoms with Crippen LogP contribution in [0, 0.1) is 13.8 Å². The molecule has 1 atom stereocenters. The molecular weight excluding hydrogens is 396 g/mol. The van der Waals surface area contributed by atoms with Crippen LogP contribution in [0.1, 0.15) is 36.5 Å². The number of rotatable bonds is 7. The van der Waals surface area contributed by atoms with Gasteiger partial charge < -0.3 is 9.47 Å². The van der Waals surface area contributed by atoms with Crippen LogP contribution >= 0.6 is 11.3 Å².